The van der Waals surface area contributed by atoms with Crippen LogP contribution in [0.5, 0.6) is 5.75 Å². The number of carbonyl (C=O) groups is 2. The molecular formula is C36H35Cl2N7O4. The number of ether oxygens (including phenoxy) is 1. The third kappa shape index (κ3) is 5.41. The fourth-order valence-electron chi connectivity index (χ4n) is 7.02. The molecule has 0 fully saturated rings. The molecule has 5 heterocycles. The summed E-state index contributed by atoms with van der Waals surface area (Å²) in [4.78, 5) is 32.4. The van der Waals surface area contributed by atoms with Gasteiger partial charge in [0.25, 0.3) is 11.9 Å². The Bertz CT molecular complexity index is 2310. The summed E-state index contributed by atoms with van der Waals surface area (Å²) in [7, 11) is 1.91. The predicted octanol–water partition coefficient (Wildman–Crippen LogP) is 7.56. The summed E-state index contributed by atoms with van der Waals surface area (Å²) in [6, 6.07) is 10.5. The van der Waals surface area contributed by atoms with Gasteiger partial charge in [0.05, 0.1) is 28.4 Å². The molecule has 252 valence electrons. The first-order valence-corrected chi connectivity index (χ1v) is 16.8. The minimum atomic E-state index is -1.07. The van der Waals surface area contributed by atoms with E-state index in [1.165, 1.54) is 22.8 Å². The number of benzene rings is 2. The molecule has 2 aromatic carbocycles. The SMILES string of the molecule is Cc1cc(OCCCc2c3n(c4c(-c5c(C)nn(C)c5C)c(Cl)ccc24)C(C)CN(c2nc4cc(C(=O)O)ccn4n2)C3=O)cc(C)c1Cl. The largest absolute Gasteiger partial charge is 0.494 e. The van der Waals surface area contributed by atoms with E-state index in [2.05, 4.69) is 26.7 Å². The number of halogens is 2. The lowest BCUT2D eigenvalue weighted by Gasteiger charge is -2.32. The van der Waals surface area contributed by atoms with Crippen LogP contribution in [-0.4, -0.2) is 59.1 Å². The molecule has 7 rings (SSSR count). The van der Waals surface area contributed by atoms with Gasteiger partial charge in [-0.25, -0.2) is 9.31 Å². The number of hydrogen-bond acceptors (Lipinski definition) is 6. The first-order chi connectivity index (χ1) is 23.3. The Morgan fingerprint density at radius 2 is 1.78 bits per heavy atom. The van der Waals surface area contributed by atoms with Crippen LogP contribution in [0.2, 0.25) is 10.0 Å². The van der Waals surface area contributed by atoms with E-state index in [0.29, 0.717) is 42.4 Å². The second kappa shape index (κ2) is 12.2. The number of carboxylic acids is 1. The van der Waals surface area contributed by atoms with Crippen LogP contribution in [0.1, 0.15) is 68.3 Å². The number of amides is 1. The summed E-state index contributed by atoms with van der Waals surface area (Å²) in [5.74, 6) is -0.358. The van der Waals surface area contributed by atoms with Gasteiger partial charge in [0, 0.05) is 53.1 Å². The van der Waals surface area contributed by atoms with Gasteiger partial charge in [-0.2, -0.15) is 10.1 Å². The minimum Gasteiger partial charge on any atom is -0.494 e. The van der Waals surface area contributed by atoms with E-state index in [9.17, 15) is 14.7 Å². The summed E-state index contributed by atoms with van der Waals surface area (Å²) >= 11 is 13.4. The maximum atomic E-state index is 14.7. The average Bonchev–Trinajstić information content (AvgIpc) is 3.71. The second-order valence-corrected chi connectivity index (χ2v) is 13.5. The average molecular weight is 701 g/mol. The molecule has 0 saturated carbocycles. The molecule has 0 saturated heterocycles. The van der Waals surface area contributed by atoms with Crippen molar-refractivity contribution in [3.63, 3.8) is 0 Å². The Balaban J connectivity index is 1.34. The molecular weight excluding hydrogens is 665 g/mol. The number of pyridine rings is 1. The van der Waals surface area contributed by atoms with E-state index in [4.69, 9.17) is 27.9 Å². The maximum Gasteiger partial charge on any atom is 0.335 e. The van der Waals surface area contributed by atoms with Crippen LogP contribution in [0.15, 0.2) is 42.6 Å². The van der Waals surface area contributed by atoms with Crippen molar-refractivity contribution in [2.24, 2.45) is 7.05 Å². The van der Waals surface area contributed by atoms with Crippen LogP contribution >= 0.6 is 23.2 Å². The lowest BCUT2D eigenvalue weighted by atomic mass is 9.98. The lowest BCUT2D eigenvalue weighted by Crippen LogP contribution is -2.43. The zero-order valence-corrected chi connectivity index (χ0v) is 29.5. The molecule has 0 aliphatic carbocycles. The van der Waals surface area contributed by atoms with E-state index in [0.717, 1.165) is 60.9 Å². The maximum absolute atomic E-state index is 14.7. The van der Waals surface area contributed by atoms with Crippen molar-refractivity contribution in [3.05, 3.63) is 92.0 Å². The Morgan fingerprint density at radius 1 is 1.04 bits per heavy atom. The highest BCUT2D eigenvalue weighted by Crippen LogP contribution is 2.45. The van der Waals surface area contributed by atoms with Gasteiger partial charge in [0.2, 0.25) is 0 Å². The summed E-state index contributed by atoms with van der Waals surface area (Å²) in [6.45, 7) is 10.7. The zero-order chi connectivity index (χ0) is 34.9. The first-order valence-electron chi connectivity index (χ1n) is 16.0. The highest BCUT2D eigenvalue weighted by atomic mass is 35.5. The molecule has 0 radical (unpaired) electrons. The molecule has 1 atom stereocenters. The number of hydrogen-bond donors (Lipinski definition) is 1. The number of carbonyl (C=O) groups excluding carboxylic acids is 1. The quantitative estimate of drug-likeness (QED) is 0.163. The van der Waals surface area contributed by atoms with Gasteiger partial charge in [-0.15, -0.1) is 5.10 Å². The van der Waals surface area contributed by atoms with Crippen LogP contribution in [-0.2, 0) is 13.5 Å². The van der Waals surface area contributed by atoms with Gasteiger partial charge < -0.3 is 14.4 Å². The van der Waals surface area contributed by atoms with Crippen molar-refractivity contribution in [3.8, 4) is 16.9 Å². The number of fused-ring (bicyclic) bond motifs is 4. The van der Waals surface area contributed by atoms with Gasteiger partial charge in [0.15, 0.2) is 5.65 Å². The molecule has 1 aliphatic heterocycles. The number of aryl methyl sites for hydroxylation is 5. The van der Waals surface area contributed by atoms with Crippen LogP contribution in [0.4, 0.5) is 5.95 Å². The van der Waals surface area contributed by atoms with E-state index in [-0.39, 0.29) is 23.5 Å². The summed E-state index contributed by atoms with van der Waals surface area (Å²) in [5.41, 5.74) is 8.25. The van der Waals surface area contributed by atoms with E-state index >= 15 is 0 Å². The molecule has 11 nitrogen and oxygen atoms in total. The Morgan fingerprint density at radius 3 is 2.45 bits per heavy atom. The molecule has 1 aliphatic rings. The van der Waals surface area contributed by atoms with Gasteiger partial charge in [-0.05, 0) is 94.5 Å². The van der Waals surface area contributed by atoms with Crippen molar-refractivity contribution < 1.29 is 19.4 Å². The van der Waals surface area contributed by atoms with Crippen molar-refractivity contribution in [2.45, 2.75) is 53.5 Å². The predicted molar refractivity (Wildman–Crippen MR) is 190 cm³/mol. The zero-order valence-electron chi connectivity index (χ0n) is 28.0. The van der Waals surface area contributed by atoms with Gasteiger partial charge in [-0.1, -0.05) is 29.3 Å². The Labute approximate surface area is 292 Å². The minimum absolute atomic E-state index is 0.0868. The number of carboxylic acid groups (broad SMARTS) is 1. The topological polar surface area (TPSA) is 120 Å². The fourth-order valence-corrected chi connectivity index (χ4v) is 7.38. The fraction of sp³-hybridized carbons (Fsp3) is 0.306. The molecule has 13 heteroatoms. The van der Waals surface area contributed by atoms with Crippen molar-refractivity contribution >= 4 is 57.6 Å². The molecule has 1 amide bonds. The molecule has 0 spiro atoms. The summed E-state index contributed by atoms with van der Waals surface area (Å²) < 4.78 is 11.6. The summed E-state index contributed by atoms with van der Waals surface area (Å²) in [6.07, 6.45) is 2.73. The molecule has 1 unspecified atom stereocenters. The molecule has 49 heavy (non-hydrogen) atoms. The molecule has 4 aromatic heterocycles. The third-order valence-electron chi connectivity index (χ3n) is 9.38. The first kappa shape index (κ1) is 32.7. The number of rotatable bonds is 8. The van der Waals surface area contributed by atoms with Crippen LogP contribution in [0, 0.1) is 27.7 Å². The molecule has 1 N–H and O–H groups in total. The highest BCUT2D eigenvalue weighted by Gasteiger charge is 2.38. The second-order valence-electron chi connectivity index (χ2n) is 12.7. The third-order valence-corrected chi connectivity index (χ3v) is 10.3. The van der Waals surface area contributed by atoms with E-state index < -0.39 is 5.97 Å². The Hall–Kier alpha value is -4.87. The normalized spacial score (nSPS) is 14.7. The van der Waals surface area contributed by atoms with Crippen LogP contribution in [0.25, 0.3) is 27.7 Å². The number of aromatic nitrogens is 6. The number of aromatic carboxylic acids is 1. The monoisotopic (exact) mass is 699 g/mol. The standard InChI is InChI=1S/C36H35Cl2N7O4/c1-18-14-24(15-19(2)31(18)38)49-13-7-8-25-26-9-10-27(37)30(29-21(4)40-42(6)22(29)5)32(26)45-20(3)17-43(34(46)33(25)45)36-39-28-16-23(35(47)48)11-12-44(28)41-36/h9-12,14-16,20H,7-8,13,17H2,1-6H3,(H,47,48). The summed E-state index contributed by atoms with van der Waals surface area (Å²) in [5, 5.41) is 21.0. The van der Waals surface area contributed by atoms with Crippen molar-refractivity contribution in [1.82, 2.24) is 28.9 Å². The van der Waals surface area contributed by atoms with Crippen molar-refractivity contribution in [1.29, 1.82) is 0 Å². The van der Waals surface area contributed by atoms with Crippen LogP contribution in [0.3, 0.4) is 0 Å². The molecule has 6 aromatic rings. The van der Waals surface area contributed by atoms with E-state index in [1.54, 1.807) is 4.90 Å². The van der Waals surface area contributed by atoms with Crippen molar-refractivity contribution in [2.75, 3.05) is 18.1 Å². The number of nitrogens with zero attached hydrogens (tertiary/aromatic N) is 7. The van der Waals surface area contributed by atoms with Gasteiger partial charge >= 0.3 is 5.97 Å². The smallest absolute Gasteiger partial charge is 0.335 e. The molecule has 0 bridgehead atoms. The van der Waals surface area contributed by atoms with Gasteiger partial charge in [-0.3, -0.25) is 14.4 Å². The number of anilines is 1. The van der Waals surface area contributed by atoms with E-state index in [1.807, 2.05) is 63.7 Å². The van der Waals surface area contributed by atoms with Crippen LogP contribution < -0.4 is 9.64 Å². The lowest BCUT2D eigenvalue weighted by molar-refractivity contribution is 0.0696. The Kier molecular flexibility index (Phi) is 8.15. The van der Waals surface area contributed by atoms with Gasteiger partial charge in [0.1, 0.15) is 11.4 Å². The highest BCUT2D eigenvalue weighted by molar-refractivity contribution is 6.35.